The van der Waals surface area contributed by atoms with Gasteiger partial charge in [0.1, 0.15) is 17.2 Å². The predicted octanol–water partition coefficient (Wildman–Crippen LogP) is 5.24. The molecule has 0 aliphatic carbocycles. The third kappa shape index (κ3) is 3.28. The molecule has 5 heteroatoms. The van der Waals surface area contributed by atoms with Gasteiger partial charge < -0.3 is 14.4 Å². The van der Waals surface area contributed by atoms with E-state index in [-0.39, 0.29) is 11.4 Å². The van der Waals surface area contributed by atoms with Crippen LogP contribution in [0.15, 0.2) is 41.4 Å². The molecule has 0 saturated carbocycles. The summed E-state index contributed by atoms with van der Waals surface area (Å²) in [5, 5.41) is 0. The third-order valence-electron chi connectivity index (χ3n) is 5.64. The molecule has 29 heavy (non-hydrogen) atoms. The second kappa shape index (κ2) is 7.21. The van der Waals surface area contributed by atoms with Crippen LogP contribution in [-0.2, 0) is 4.79 Å². The molecule has 0 aromatic heterocycles. The molecule has 2 aliphatic heterocycles. The summed E-state index contributed by atoms with van der Waals surface area (Å²) in [4.78, 5) is 20.2. The molecule has 4 rings (SSSR count). The topological polar surface area (TPSA) is 51.1 Å². The Bertz CT molecular complexity index is 976. The molecule has 0 spiro atoms. The number of amides is 1. The van der Waals surface area contributed by atoms with Gasteiger partial charge in [-0.25, -0.2) is 4.99 Å². The molecule has 2 heterocycles. The highest BCUT2D eigenvalue weighted by Gasteiger charge is 2.48. The summed E-state index contributed by atoms with van der Waals surface area (Å²) in [7, 11) is 0. The van der Waals surface area contributed by atoms with Crippen LogP contribution in [-0.4, -0.2) is 30.4 Å². The van der Waals surface area contributed by atoms with Gasteiger partial charge in [0.15, 0.2) is 0 Å². The highest BCUT2D eigenvalue weighted by atomic mass is 16.5. The average molecular weight is 392 g/mol. The van der Waals surface area contributed by atoms with E-state index in [2.05, 4.69) is 26.8 Å². The van der Waals surface area contributed by atoms with Gasteiger partial charge in [0.05, 0.1) is 24.6 Å². The molecule has 0 bridgehead atoms. The van der Waals surface area contributed by atoms with Crippen molar-refractivity contribution in [3.8, 4) is 11.5 Å². The second-order valence-corrected chi connectivity index (χ2v) is 8.29. The molecule has 2 aliphatic rings. The van der Waals surface area contributed by atoms with E-state index < -0.39 is 0 Å². The van der Waals surface area contributed by atoms with E-state index in [4.69, 9.17) is 14.5 Å². The van der Waals surface area contributed by atoms with Crippen LogP contribution < -0.4 is 14.4 Å². The van der Waals surface area contributed by atoms with Crippen molar-refractivity contribution < 1.29 is 14.3 Å². The Morgan fingerprint density at radius 3 is 2.38 bits per heavy atom. The van der Waals surface area contributed by atoms with Crippen LogP contribution in [0.1, 0.15) is 58.1 Å². The number of anilines is 1. The lowest BCUT2D eigenvalue weighted by Crippen LogP contribution is -2.50. The van der Waals surface area contributed by atoms with E-state index in [1.165, 1.54) is 0 Å². The standard InChI is InChI=1S/C24H28N2O3/c1-6-28-17-10-8-16(9-11-17)25-21-20-13-18(29-7-2)12-19-15(3)14-24(4,5)26(22(19)20)23(21)27/h8-13,15H,6-7,14H2,1-5H3. The monoisotopic (exact) mass is 392 g/mol. The van der Waals surface area contributed by atoms with Crippen molar-refractivity contribution in [1.29, 1.82) is 0 Å². The lowest BCUT2D eigenvalue weighted by molar-refractivity contribution is -0.113. The van der Waals surface area contributed by atoms with Gasteiger partial charge in [-0.3, -0.25) is 4.79 Å². The minimum absolute atomic E-state index is 0.0410. The number of rotatable bonds is 5. The van der Waals surface area contributed by atoms with Crippen LogP contribution in [0.3, 0.4) is 0 Å². The van der Waals surface area contributed by atoms with Crippen molar-refractivity contribution >= 4 is 23.0 Å². The molecule has 1 amide bonds. The normalized spacial score (nSPS) is 20.7. The fourth-order valence-electron chi connectivity index (χ4n) is 4.56. The molecule has 1 unspecified atom stereocenters. The van der Waals surface area contributed by atoms with Crippen LogP contribution in [0.25, 0.3) is 0 Å². The first-order valence-corrected chi connectivity index (χ1v) is 10.3. The third-order valence-corrected chi connectivity index (χ3v) is 5.64. The SMILES string of the molecule is CCOc1ccc(N=C2C(=O)N3c4c2cc(OCC)cc4C(C)CC3(C)C)cc1. The van der Waals surface area contributed by atoms with Crippen molar-refractivity contribution in [2.24, 2.45) is 4.99 Å². The lowest BCUT2D eigenvalue weighted by Gasteiger charge is -2.43. The fourth-order valence-corrected chi connectivity index (χ4v) is 4.56. The first-order valence-electron chi connectivity index (χ1n) is 10.3. The second-order valence-electron chi connectivity index (χ2n) is 8.29. The molecular weight excluding hydrogens is 364 g/mol. The largest absolute Gasteiger partial charge is 0.494 e. The first-order chi connectivity index (χ1) is 13.9. The number of carbonyl (C=O) groups excluding carboxylic acids is 1. The number of nitrogens with zero attached hydrogens (tertiary/aromatic N) is 2. The smallest absolute Gasteiger partial charge is 0.278 e. The predicted molar refractivity (Wildman–Crippen MR) is 116 cm³/mol. The summed E-state index contributed by atoms with van der Waals surface area (Å²) in [5.41, 5.74) is 3.97. The van der Waals surface area contributed by atoms with Crippen LogP contribution in [0, 0.1) is 0 Å². The van der Waals surface area contributed by atoms with Gasteiger partial charge in [-0.1, -0.05) is 6.92 Å². The van der Waals surface area contributed by atoms with Crippen molar-refractivity contribution in [3.63, 3.8) is 0 Å². The highest BCUT2D eigenvalue weighted by molar-refractivity contribution is 6.55. The van der Waals surface area contributed by atoms with Crippen molar-refractivity contribution in [2.75, 3.05) is 18.1 Å². The lowest BCUT2D eigenvalue weighted by atomic mass is 9.80. The van der Waals surface area contributed by atoms with E-state index >= 15 is 0 Å². The van der Waals surface area contributed by atoms with Crippen LogP contribution in [0.4, 0.5) is 11.4 Å². The molecule has 152 valence electrons. The van der Waals surface area contributed by atoms with E-state index in [0.29, 0.717) is 24.8 Å². The Morgan fingerprint density at radius 1 is 1.07 bits per heavy atom. The maximum atomic E-state index is 13.5. The summed E-state index contributed by atoms with van der Waals surface area (Å²) in [6, 6.07) is 11.6. The van der Waals surface area contributed by atoms with Crippen LogP contribution >= 0.6 is 0 Å². The Balaban J connectivity index is 1.86. The summed E-state index contributed by atoms with van der Waals surface area (Å²) >= 11 is 0. The Morgan fingerprint density at radius 2 is 1.72 bits per heavy atom. The number of carbonyl (C=O) groups is 1. The maximum absolute atomic E-state index is 13.5. The summed E-state index contributed by atoms with van der Waals surface area (Å²) in [5.74, 6) is 1.89. The van der Waals surface area contributed by atoms with Gasteiger partial charge in [-0.15, -0.1) is 0 Å². The number of ether oxygens (including phenoxy) is 2. The van der Waals surface area contributed by atoms with Gasteiger partial charge in [-0.05, 0) is 82.0 Å². The fraction of sp³-hybridized carbons (Fsp3) is 0.417. The Labute approximate surface area is 172 Å². The number of benzene rings is 2. The van der Waals surface area contributed by atoms with Crippen molar-refractivity contribution in [2.45, 2.75) is 52.5 Å². The van der Waals surface area contributed by atoms with Gasteiger partial charge in [0.2, 0.25) is 0 Å². The molecule has 0 saturated heterocycles. The van der Waals surface area contributed by atoms with Crippen molar-refractivity contribution in [1.82, 2.24) is 0 Å². The molecule has 0 N–H and O–H groups in total. The summed E-state index contributed by atoms with van der Waals surface area (Å²) in [6.45, 7) is 11.6. The van der Waals surface area contributed by atoms with Crippen LogP contribution in [0.5, 0.6) is 11.5 Å². The average Bonchev–Trinajstić information content (AvgIpc) is 2.95. The van der Waals surface area contributed by atoms with E-state index in [9.17, 15) is 4.79 Å². The molecule has 0 fully saturated rings. The quantitative estimate of drug-likeness (QED) is 0.699. The minimum Gasteiger partial charge on any atom is -0.494 e. The Kier molecular flexibility index (Phi) is 4.85. The number of hydrogen-bond acceptors (Lipinski definition) is 4. The summed E-state index contributed by atoms with van der Waals surface area (Å²) in [6.07, 6.45) is 0.900. The molecule has 5 nitrogen and oxygen atoms in total. The molecule has 1 atom stereocenters. The molecular formula is C24H28N2O3. The first kappa shape index (κ1) is 19.5. The van der Waals surface area contributed by atoms with Gasteiger partial charge in [-0.2, -0.15) is 0 Å². The Hall–Kier alpha value is -2.82. The summed E-state index contributed by atoms with van der Waals surface area (Å²) < 4.78 is 11.3. The highest BCUT2D eigenvalue weighted by Crippen LogP contribution is 2.50. The van der Waals surface area contributed by atoms with E-state index in [1.807, 2.05) is 49.1 Å². The maximum Gasteiger partial charge on any atom is 0.278 e. The van der Waals surface area contributed by atoms with Gasteiger partial charge in [0.25, 0.3) is 5.91 Å². The molecule has 2 aromatic carbocycles. The zero-order valence-corrected chi connectivity index (χ0v) is 17.8. The van der Waals surface area contributed by atoms with Gasteiger partial charge in [0, 0.05) is 11.1 Å². The van der Waals surface area contributed by atoms with E-state index in [1.54, 1.807) is 0 Å². The zero-order chi connectivity index (χ0) is 20.8. The number of aliphatic imine (C=N–C) groups is 1. The van der Waals surface area contributed by atoms with Gasteiger partial charge >= 0.3 is 0 Å². The molecule has 0 radical (unpaired) electrons. The van der Waals surface area contributed by atoms with Crippen LogP contribution in [0.2, 0.25) is 0 Å². The molecule has 2 aromatic rings. The zero-order valence-electron chi connectivity index (χ0n) is 17.8. The van der Waals surface area contributed by atoms with E-state index in [0.717, 1.165) is 40.4 Å². The number of hydrogen-bond donors (Lipinski definition) is 0. The van der Waals surface area contributed by atoms with Crippen molar-refractivity contribution in [3.05, 3.63) is 47.5 Å². The minimum atomic E-state index is -0.262.